The zero-order chi connectivity index (χ0) is 12.3. The van der Waals surface area contributed by atoms with Crippen molar-refractivity contribution in [2.24, 2.45) is 0 Å². The lowest BCUT2D eigenvalue weighted by atomic mass is 10.4. The van der Waals surface area contributed by atoms with Crippen LogP contribution in [0.3, 0.4) is 0 Å². The molecule has 17 heavy (non-hydrogen) atoms. The number of rotatable bonds is 4. The van der Waals surface area contributed by atoms with Crippen molar-refractivity contribution < 1.29 is 0 Å². The topological polar surface area (TPSA) is 68.5 Å². The zero-order valence-corrected chi connectivity index (χ0v) is 10.3. The first kappa shape index (κ1) is 11.7. The summed E-state index contributed by atoms with van der Waals surface area (Å²) in [5, 5.41) is 7.46. The fraction of sp³-hybridized carbons (Fsp3) is 0.455. The molecule has 2 rings (SSSR count). The second-order valence-corrected chi connectivity index (χ2v) is 3.76. The summed E-state index contributed by atoms with van der Waals surface area (Å²) in [7, 11) is 0. The van der Waals surface area contributed by atoms with Crippen LogP contribution in [0.15, 0.2) is 12.4 Å². The number of aryl methyl sites for hydroxylation is 2. The Morgan fingerprint density at radius 1 is 1.24 bits per heavy atom. The third-order valence-corrected chi connectivity index (χ3v) is 2.34. The minimum absolute atomic E-state index is 0.698. The van der Waals surface area contributed by atoms with Crippen LogP contribution in [0.25, 0.3) is 5.82 Å². The van der Waals surface area contributed by atoms with E-state index in [0.29, 0.717) is 5.82 Å². The number of hydrogen-bond donors (Lipinski definition) is 1. The first-order valence-corrected chi connectivity index (χ1v) is 5.63. The molecular weight excluding hydrogens is 216 g/mol. The Hall–Kier alpha value is -1.82. The number of nitrogens with one attached hydrogen (secondary N) is 1. The van der Waals surface area contributed by atoms with Crippen molar-refractivity contribution in [3.8, 4) is 5.82 Å². The summed E-state index contributed by atoms with van der Waals surface area (Å²) < 4.78 is 1.69. The maximum Gasteiger partial charge on any atom is 0.174 e. The molecule has 0 atom stereocenters. The van der Waals surface area contributed by atoms with Gasteiger partial charge in [0.2, 0.25) is 0 Å². The van der Waals surface area contributed by atoms with Gasteiger partial charge >= 0.3 is 0 Å². The molecule has 0 aliphatic rings. The average molecular weight is 232 g/mol. The number of aromatic nitrogens is 5. The monoisotopic (exact) mass is 232 g/mol. The largest absolute Gasteiger partial charge is 0.311 e. The molecule has 0 aromatic carbocycles. The fourth-order valence-corrected chi connectivity index (χ4v) is 1.54. The summed E-state index contributed by atoms with van der Waals surface area (Å²) in [5.41, 5.74) is 0.921. The highest BCUT2D eigenvalue weighted by Gasteiger charge is 2.06. The fourth-order valence-electron chi connectivity index (χ4n) is 1.54. The normalized spacial score (nSPS) is 10.8. The van der Waals surface area contributed by atoms with Crippen molar-refractivity contribution in [3.63, 3.8) is 0 Å². The molecule has 0 fully saturated rings. The van der Waals surface area contributed by atoms with E-state index in [4.69, 9.17) is 0 Å². The van der Waals surface area contributed by atoms with Crippen LogP contribution in [0, 0.1) is 13.8 Å². The Labute approximate surface area is 100 Å². The SMILES string of the molecule is CCNCc1cnc(-n2nc(C)nc2C)cn1. The summed E-state index contributed by atoms with van der Waals surface area (Å²) in [5.74, 6) is 2.25. The van der Waals surface area contributed by atoms with Crippen LogP contribution in [0.5, 0.6) is 0 Å². The van der Waals surface area contributed by atoms with Crippen LogP contribution in [-0.4, -0.2) is 31.3 Å². The summed E-state index contributed by atoms with van der Waals surface area (Å²) in [4.78, 5) is 12.9. The standard InChI is InChI=1S/C11H16N6/c1-4-12-5-10-6-14-11(7-13-10)17-9(3)15-8(2)16-17/h6-7,12H,4-5H2,1-3H3. The highest BCUT2D eigenvalue weighted by molar-refractivity contribution is 5.19. The lowest BCUT2D eigenvalue weighted by Gasteiger charge is -2.03. The Kier molecular flexibility index (Phi) is 3.43. The van der Waals surface area contributed by atoms with Gasteiger partial charge in [0.1, 0.15) is 11.6 Å². The van der Waals surface area contributed by atoms with Crippen LogP contribution in [0.2, 0.25) is 0 Å². The van der Waals surface area contributed by atoms with E-state index >= 15 is 0 Å². The molecule has 0 spiro atoms. The van der Waals surface area contributed by atoms with Gasteiger partial charge in [0.05, 0.1) is 18.1 Å². The lowest BCUT2D eigenvalue weighted by Crippen LogP contribution is -2.13. The Morgan fingerprint density at radius 3 is 2.59 bits per heavy atom. The minimum atomic E-state index is 0.698. The molecule has 0 aliphatic carbocycles. The van der Waals surface area contributed by atoms with Crippen LogP contribution in [-0.2, 0) is 6.54 Å². The highest BCUT2D eigenvalue weighted by Crippen LogP contribution is 2.05. The van der Waals surface area contributed by atoms with Crippen LogP contribution in [0.1, 0.15) is 24.3 Å². The molecule has 0 aliphatic heterocycles. The van der Waals surface area contributed by atoms with Gasteiger partial charge in [0.15, 0.2) is 5.82 Å². The van der Waals surface area contributed by atoms with E-state index in [2.05, 4.69) is 32.3 Å². The van der Waals surface area contributed by atoms with Crippen molar-refractivity contribution in [1.82, 2.24) is 30.0 Å². The van der Waals surface area contributed by atoms with Gasteiger partial charge in [-0.25, -0.2) is 9.97 Å². The molecule has 0 saturated carbocycles. The number of nitrogens with zero attached hydrogens (tertiary/aromatic N) is 5. The predicted octanol–water partition coefficient (Wildman–Crippen LogP) is 0.784. The maximum atomic E-state index is 4.33. The lowest BCUT2D eigenvalue weighted by molar-refractivity contribution is 0.702. The van der Waals surface area contributed by atoms with E-state index in [-0.39, 0.29) is 0 Å². The second kappa shape index (κ2) is 5.01. The molecule has 2 aromatic heterocycles. The number of hydrogen-bond acceptors (Lipinski definition) is 5. The van der Waals surface area contributed by atoms with Crippen LogP contribution >= 0.6 is 0 Å². The Balaban J connectivity index is 2.20. The van der Waals surface area contributed by atoms with Crippen LogP contribution in [0.4, 0.5) is 0 Å². The highest BCUT2D eigenvalue weighted by atomic mass is 15.4. The van der Waals surface area contributed by atoms with E-state index < -0.39 is 0 Å². The van der Waals surface area contributed by atoms with Gasteiger partial charge in [-0.15, -0.1) is 5.10 Å². The average Bonchev–Trinajstić information content (AvgIpc) is 2.66. The molecule has 0 bridgehead atoms. The van der Waals surface area contributed by atoms with Gasteiger partial charge in [0.25, 0.3) is 0 Å². The van der Waals surface area contributed by atoms with E-state index in [1.54, 1.807) is 17.1 Å². The molecule has 0 radical (unpaired) electrons. The van der Waals surface area contributed by atoms with Crippen molar-refractivity contribution >= 4 is 0 Å². The van der Waals surface area contributed by atoms with Gasteiger partial charge in [-0.2, -0.15) is 4.68 Å². The summed E-state index contributed by atoms with van der Waals surface area (Å²) in [6.07, 6.45) is 3.47. The molecule has 0 unspecified atom stereocenters. The van der Waals surface area contributed by atoms with E-state index in [1.165, 1.54) is 0 Å². The van der Waals surface area contributed by atoms with Gasteiger partial charge in [0, 0.05) is 6.54 Å². The first-order chi connectivity index (χ1) is 8.20. The van der Waals surface area contributed by atoms with Crippen molar-refractivity contribution in [3.05, 3.63) is 29.7 Å². The van der Waals surface area contributed by atoms with Crippen LogP contribution < -0.4 is 5.32 Å². The van der Waals surface area contributed by atoms with E-state index in [0.717, 1.165) is 30.4 Å². The molecule has 2 aromatic rings. The zero-order valence-electron chi connectivity index (χ0n) is 10.3. The van der Waals surface area contributed by atoms with Crippen molar-refractivity contribution in [1.29, 1.82) is 0 Å². The van der Waals surface area contributed by atoms with Gasteiger partial charge in [-0.3, -0.25) is 4.98 Å². The maximum absolute atomic E-state index is 4.33. The predicted molar refractivity (Wildman–Crippen MR) is 63.8 cm³/mol. The molecule has 6 nitrogen and oxygen atoms in total. The molecule has 2 heterocycles. The molecule has 0 amide bonds. The molecule has 90 valence electrons. The molecule has 1 N–H and O–H groups in total. The summed E-state index contributed by atoms with van der Waals surface area (Å²) in [6.45, 7) is 7.47. The van der Waals surface area contributed by atoms with Gasteiger partial charge in [-0.1, -0.05) is 6.92 Å². The quantitative estimate of drug-likeness (QED) is 0.843. The Bertz CT molecular complexity index is 487. The third kappa shape index (κ3) is 2.65. The first-order valence-electron chi connectivity index (χ1n) is 5.63. The third-order valence-electron chi connectivity index (χ3n) is 2.34. The summed E-state index contributed by atoms with van der Waals surface area (Å²) in [6, 6.07) is 0. The van der Waals surface area contributed by atoms with Gasteiger partial charge < -0.3 is 5.32 Å². The van der Waals surface area contributed by atoms with E-state index in [1.807, 2.05) is 13.8 Å². The van der Waals surface area contributed by atoms with E-state index in [9.17, 15) is 0 Å². The van der Waals surface area contributed by atoms with Gasteiger partial charge in [-0.05, 0) is 20.4 Å². The van der Waals surface area contributed by atoms with Crippen molar-refractivity contribution in [2.75, 3.05) is 6.54 Å². The summed E-state index contributed by atoms with van der Waals surface area (Å²) >= 11 is 0. The molecule has 6 heteroatoms. The molecule has 0 saturated heterocycles. The smallest absolute Gasteiger partial charge is 0.174 e. The Morgan fingerprint density at radius 2 is 2.06 bits per heavy atom. The minimum Gasteiger partial charge on any atom is -0.311 e. The second-order valence-electron chi connectivity index (χ2n) is 3.76. The molecular formula is C11H16N6. The van der Waals surface area contributed by atoms with Crippen molar-refractivity contribution in [2.45, 2.75) is 27.3 Å².